The van der Waals surface area contributed by atoms with Crippen molar-refractivity contribution in [1.82, 2.24) is 5.16 Å². The highest BCUT2D eigenvalue weighted by molar-refractivity contribution is 9.10. The molecule has 0 atom stereocenters. The zero-order valence-corrected chi connectivity index (χ0v) is 19.1. The number of rotatable bonds is 6. The maximum absolute atomic E-state index is 13.1. The molecule has 2 N–H and O–H groups in total. The molecule has 1 heterocycles. The third kappa shape index (κ3) is 4.49. The summed E-state index contributed by atoms with van der Waals surface area (Å²) in [7, 11) is -2.58. The molecule has 0 aliphatic rings. The minimum absolute atomic E-state index is 0.0579. The first-order valence-electron chi connectivity index (χ1n) is 8.83. The van der Waals surface area contributed by atoms with E-state index in [4.69, 9.17) is 9.26 Å². The van der Waals surface area contributed by atoms with Crippen molar-refractivity contribution in [2.45, 2.75) is 25.7 Å². The quantitative estimate of drug-likeness (QED) is 0.523. The molecule has 0 fully saturated rings. The molecular formula is C20H20BrN3O5S. The number of hydrogen-bond donors (Lipinski definition) is 2. The van der Waals surface area contributed by atoms with Gasteiger partial charge in [0.05, 0.1) is 18.4 Å². The van der Waals surface area contributed by atoms with Crippen LogP contribution in [0.2, 0.25) is 0 Å². The smallest absolute Gasteiger partial charge is 0.265 e. The van der Waals surface area contributed by atoms with Crippen molar-refractivity contribution in [3.05, 3.63) is 52.1 Å². The number of halogens is 1. The molecule has 0 aliphatic heterocycles. The number of sulfonamides is 1. The lowest BCUT2D eigenvalue weighted by molar-refractivity contribution is -0.114. The molecule has 1 aromatic heterocycles. The van der Waals surface area contributed by atoms with Crippen molar-refractivity contribution in [2.75, 3.05) is 17.1 Å². The first kappa shape index (κ1) is 21.8. The van der Waals surface area contributed by atoms with Gasteiger partial charge in [0.2, 0.25) is 11.8 Å². The van der Waals surface area contributed by atoms with Crippen LogP contribution in [0.3, 0.4) is 0 Å². The molecule has 8 nitrogen and oxygen atoms in total. The monoisotopic (exact) mass is 493 g/mol. The van der Waals surface area contributed by atoms with Crippen LogP contribution in [-0.2, 0) is 14.8 Å². The van der Waals surface area contributed by atoms with Crippen LogP contribution in [0.25, 0.3) is 11.1 Å². The topological polar surface area (TPSA) is 111 Å². The Hall–Kier alpha value is -2.85. The Morgan fingerprint density at radius 3 is 2.53 bits per heavy atom. The summed E-state index contributed by atoms with van der Waals surface area (Å²) < 4.78 is 40.2. The third-order valence-corrected chi connectivity index (χ3v) is 6.60. The van der Waals surface area contributed by atoms with Gasteiger partial charge in [-0.3, -0.25) is 14.8 Å². The largest absolute Gasteiger partial charge is 0.495 e. The van der Waals surface area contributed by atoms with Crippen LogP contribution in [0.5, 0.6) is 5.75 Å². The van der Waals surface area contributed by atoms with Gasteiger partial charge < -0.3 is 9.26 Å². The molecule has 0 aliphatic carbocycles. The van der Waals surface area contributed by atoms with E-state index in [9.17, 15) is 13.2 Å². The predicted molar refractivity (Wildman–Crippen MR) is 117 cm³/mol. The molecule has 0 bridgehead atoms. The molecule has 0 saturated heterocycles. The van der Waals surface area contributed by atoms with Gasteiger partial charge in [-0.1, -0.05) is 27.2 Å². The van der Waals surface area contributed by atoms with Gasteiger partial charge in [-0.2, -0.15) is 0 Å². The zero-order chi connectivity index (χ0) is 22.1. The Balaban J connectivity index is 2.08. The minimum atomic E-state index is -3.98. The molecule has 3 rings (SSSR count). The highest BCUT2D eigenvalue weighted by Gasteiger charge is 2.24. The van der Waals surface area contributed by atoms with Gasteiger partial charge in [0, 0.05) is 17.1 Å². The summed E-state index contributed by atoms with van der Waals surface area (Å²) in [6, 6.07) is 9.81. The minimum Gasteiger partial charge on any atom is -0.495 e. The molecule has 10 heteroatoms. The number of anilines is 2. The maximum Gasteiger partial charge on any atom is 0.265 e. The number of aromatic nitrogens is 1. The van der Waals surface area contributed by atoms with Crippen molar-refractivity contribution in [2.24, 2.45) is 0 Å². The molecule has 30 heavy (non-hydrogen) atoms. The number of nitrogens with zero attached hydrogens (tertiary/aromatic N) is 1. The van der Waals surface area contributed by atoms with Gasteiger partial charge in [-0.25, -0.2) is 8.42 Å². The van der Waals surface area contributed by atoms with Crippen LogP contribution >= 0.6 is 15.9 Å². The molecule has 0 spiro atoms. The highest BCUT2D eigenvalue weighted by Crippen LogP contribution is 2.36. The normalized spacial score (nSPS) is 11.2. The average molecular weight is 494 g/mol. The Kier molecular flexibility index (Phi) is 6.18. The lowest BCUT2D eigenvalue weighted by Gasteiger charge is -2.14. The summed E-state index contributed by atoms with van der Waals surface area (Å²) in [6.45, 7) is 4.91. The maximum atomic E-state index is 13.1. The lowest BCUT2D eigenvalue weighted by Crippen LogP contribution is -2.14. The number of carbonyl (C=O) groups excluding carboxylic acids is 1. The number of amides is 1. The molecule has 3 aromatic rings. The van der Waals surface area contributed by atoms with E-state index in [1.54, 1.807) is 37.3 Å². The van der Waals surface area contributed by atoms with Gasteiger partial charge in [0.1, 0.15) is 10.6 Å². The van der Waals surface area contributed by atoms with Crippen LogP contribution in [0.15, 0.2) is 50.3 Å². The Morgan fingerprint density at radius 2 is 1.90 bits per heavy atom. The summed E-state index contributed by atoms with van der Waals surface area (Å²) in [6.07, 6.45) is 0. The Morgan fingerprint density at radius 1 is 1.17 bits per heavy atom. The summed E-state index contributed by atoms with van der Waals surface area (Å²) in [4.78, 5) is 11.4. The van der Waals surface area contributed by atoms with E-state index in [-0.39, 0.29) is 22.4 Å². The second kappa shape index (κ2) is 8.49. The van der Waals surface area contributed by atoms with E-state index in [1.807, 2.05) is 6.92 Å². The predicted octanol–water partition coefficient (Wildman–Crippen LogP) is 4.49. The van der Waals surface area contributed by atoms with Crippen LogP contribution in [0.4, 0.5) is 11.6 Å². The Bertz CT molecular complexity index is 1220. The van der Waals surface area contributed by atoms with Gasteiger partial charge >= 0.3 is 0 Å². The van der Waals surface area contributed by atoms with Gasteiger partial charge in [-0.15, -0.1) is 0 Å². The average Bonchev–Trinajstić information content (AvgIpc) is 3.03. The van der Waals surface area contributed by atoms with Crippen LogP contribution in [0.1, 0.15) is 18.2 Å². The zero-order valence-electron chi connectivity index (χ0n) is 16.7. The number of nitrogens with one attached hydrogen (secondary N) is 2. The number of carbonyl (C=O) groups is 1. The van der Waals surface area contributed by atoms with Gasteiger partial charge in [0.25, 0.3) is 10.0 Å². The first-order valence-corrected chi connectivity index (χ1v) is 11.1. The van der Waals surface area contributed by atoms with Crippen molar-refractivity contribution < 1.29 is 22.5 Å². The third-order valence-electron chi connectivity index (χ3n) is 4.30. The molecule has 2 aromatic carbocycles. The second-order valence-electron chi connectivity index (χ2n) is 6.59. The van der Waals surface area contributed by atoms with E-state index in [0.29, 0.717) is 22.5 Å². The molecule has 0 unspecified atom stereocenters. The second-order valence-corrected chi connectivity index (χ2v) is 9.09. The van der Waals surface area contributed by atoms with E-state index in [2.05, 4.69) is 31.1 Å². The number of methoxy groups -OCH3 is 1. The fourth-order valence-corrected chi connectivity index (χ4v) is 4.41. The highest BCUT2D eigenvalue weighted by atomic mass is 79.9. The van der Waals surface area contributed by atoms with Crippen LogP contribution in [0, 0.1) is 13.8 Å². The number of benzene rings is 2. The molecule has 0 radical (unpaired) electrons. The molecule has 1 amide bonds. The molecular weight excluding hydrogens is 474 g/mol. The standard InChI is InChI=1S/C20H20BrN3O5S/c1-11-9-15(6-7-16(11)21)24-30(26,27)18-10-14(5-8-17(18)28-4)19-12(2)23-29-20(19)22-13(3)25/h5-10,24H,1-4H3,(H,22,25). The first-order chi connectivity index (χ1) is 14.1. The SMILES string of the molecule is COc1ccc(-c2c(C)noc2NC(C)=O)cc1S(=O)(=O)Nc1ccc(Br)c(C)c1. The molecule has 158 valence electrons. The summed E-state index contributed by atoms with van der Waals surface area (Å²) in [5.41, 5.74) is 2.80. The summed E-state index contributed by atoms with van der Waals surface area (Å²) in [5, 5.41) is 6.44. The van der Waals surface area contributed by atoms with Crippen molar-refractivity contribution in [1.29, 1.82) is 0 Å². The van der Waals surface area contributed by atoms with Crippen molar-refractivity contribution >= 4 is 43.4 Å². The van der Waals surface area contributed by atoms with Crippen molar-refractivity contribution in [3.63, 3.8) is 0 Å². The van der Waals surface area contributed by atoms with Crippen LogP contribution < -0.4 is 14.8 Å². The van der Waals surface area contributed by atoms with E-state index in [1.165, 1.54) is 20.1 Å². The number of aryl methyl sites for hydroxylation is 2. The van der Waals surface area contributed by atoms with Gasteiger partial charge in [0.15, 0.2) is 0 Å². The molecule has 0 saturated carbocycles. The lowest BCUT2D eigenvalue weighted by atomic mass is 10.1. The fraction of sp³-hybridized carbons (Fsp3) is 0.200. The van der Waals surface area contributed by atoms with E-state index >= 15 is 0 Å². The van der Waals surface area contributed by atoms with E-state index in [0.717, 1.165) is 10.0 Å². The summed E-state index contributed by atoms with van der Waals surface area (Å²) >= 11 is 3.40. The number of hydrogen-bond acceptors (Lipinski definition) is 6. The van der Waals surface area contributed by atoms with Crippen LogP contribution in [-0.4, -0.2) is 26.6 Å². The number of ether oxygens (including phenoxy) is 1. The van der Waals surface area contributed by atoms with E-state index < -0.39 is 10.0 Å². The van der Waals surface area contributed by atoms with Crippen molar-refractivity contribution in [3.8, 4) is 16.9 Å². The fourth-order valence-electron chi connectivity index (χ4n) is 2.92. The Labute approximate surface area is 182 Å². The summed E-state index contributed by atoms with van der Waals surface area (Å²) in [5.74, 6) is -0.0127. The van der Waals surface area contributed by atoms with Gasteiger partial charge in [-0.05, 0) is 55.3 Å².